The van der Waals surface area contributed by atoms with Gasteiger partial charge in [0.25, 0.3) is 0 Å². The van der Waals surface area contributed by atoms with E-state index in [2.05, 4.69) is 37.3 Å². The minimum atomic E-state index is 0.339. The number of hydrogen-bond acceptors (Lipinski definition) is 1. The molecule has 1 nitrogen and oxygen atoms in total. The van der Waals surface area contributed by atoms with Crippen molar-refractivity contribution in [2.45, 2.75) is 39.0 Å². The number of benzene rings is 1. The average Bonchev–Trinajstić information content (AvgIpc) is 2.28. The number of aliphatic hydroxyl groups is 1. The van der Waals surface area contributed by atoms with Gasteiger partial charge in [-0.2, -0.15) is 0 Å². The molecule has 0 saturated heterocycles. The van der Waals surface area contributed by atoms with E-state index in [0.717, 1.165) is 18.8 Å². The van der Waals surface area contributed by atoms with Gasteiger partial charge >= 0.3 is 0 Å². The van der Waals surface area contributed by atoms with Crippen LogP contribution >= 0.6 is 0 Å². The molecular formula is C14H22O. The van der Waals surface area contributed by atoms with Crippen LogP contribution in [0.5, 0.6) is 0 Å². The maximum Gasteiger partial charge on any atom is 0.0431 e. The van der Waals surface area contributed by atoms with Crippen LogP contribution in [0.1, 0.15) is 38.2 Å². The van der Waals surface area contributed by atoms with Crippen LogP contribution in [0.15, 0.2) is 30.3 Å². The molecule has 1 atom stereocenters. The highest BCUT2D eigenvalue weighted by Crippen LogP contribution is 2.15. The molecule has 1 aromatic carbocycles. The lowest BCUT2D eigenvalue weighted by Gasteiger charge is -2.10. The van der Waals surface area contributed by atoms with Gasteiger partial charge in [0.2, 0.25) is 0 Å². The predicted molar refractivity (Wildman–Crippen MR) is 64.9 cm³/mol. The van der Waals surface area contributed by atoms with Crippen LogP contribution in [-0.4, -0.2) is 11.7 Å². The summed E-state index contributed by atoms with van der Waals surface area (Å²) in [5, 5.41) is 8.69. The highest BCUT2D eigenvalue weighted by molar-refractivity contribution is 5.14. The Morgan fingerprint density at radius 3 is 2.47 bits per heavy atom. The van der Waals surface area contributed by atoms with E-state index in [-0.39, 0.29) is 0 Å². The Hall–Kier alpha value is -0.820. The lowest BCUT2D eigenvalue weighted by molar-refractivity contribution is 0.278. The number of hydrogen-bond donors (Lipinski definition) is 1. The van der Waals surface area contributed by atoms with Crippen molar-refractivity contribution in [3.63, 3.8) is 0 Å². The maximum atomic E-state index is 8.69. The first-order valence-corrected chi connectivity index (χ1v) is 5.97. The summed E-state index contributed by atoms with van der Waals surface area (Å²) in [5.41, 5.74) is 1.44. The van der Waals surface area contributed by atoms with Crippen molar-refractivity contribution in [2.24, 2.45) is 5.92 Å². The summed E-state index contributed by atoms with van der Waals surface area (Å²) >= 11 is 0. The predicted octanol–water partition coefficient (Wildman–Crippen LogP) is 3.42. The zero-order valence-corrected chi connectivity index (χ0v) is 9.65. The Bertz CT molecular complexity index is 243. The summed E-state index contributed by atoms with van der Waals surface area (Å²) in [5.74, 6) is 0.775. The standard InChI is InChI=1S/C14H22O/c1-13(7-5-6-12-15)10-11-14-8-3-2-4-9-14/h2-4,8-9,13,15H,5-7,10-12H2,1H3. The molecule has 0 aromatic heterocycles. The molecule has 0 aliphatic rings. The summed E-state index contributed by atoms with van der Waals surface area (Å²) in [4.78, 5) is 0. The molecule has 1 rings (SSSR count). The van der Waals surface area contributed by atoms with Crippen molar-refractivity contribution in [3.8, 4) is 0 Å². The lowest BCUT2D eigenvalue weighted by atomic mass is 9.96. The second kappa shape index (κ2) is 7.47. The molecule has 0 saturated carbocycles. The first kappa shape index (κ1) is 12.3. The molecule has 0 heterocycles. The van der Waals surface area contributed by atoms with Crippen LogP contribution in [0.4, 0.5) is 0 Å². The molecule has 15 heavy (non-hydrogen) atoms. The smallest absolute Gasteiger partial charge is 0.0431 e. The van der Waals surface area contributed by atoms with E-state index in [4.69, 9.17) is 5.11 Å². The number of unbranched alkanes of at least 4 members (excludes halogenated alkanes) is 1. The molecule has 1 N–H and O–H groups in total. The van der Waals surface area contributed by atoms with Gasteiger partial charge in [-0.25, -0.2) is 0 Å². The molecule has 1 unspecified atom stereocenters. The van der Waals surface area contributed by atoms with Crippen LogP contribution in [0.2, 0.25) is 0 Å². The maximum absolute atomic E-state index is 8.69. The van der Waals surface area contributed by atoms with Crippen LogP contribution in [-0.2, 0) is 6.42 Å². The van der Waals surface area contributed by atoms with Crippen molar-refractivity contribution in [3.05, 3.63) is 35.9 Å². The molecule has 1 aromatic rings. The fraction of sp³-hybridized carbons (Fsp3) is 0.571. The zero-order valence-electron chi connectivity index (χ0n) is 9.65. The monoisotopic (exact) mass is 206 g/mol. The summed E-state index contributed by atoms with van der Waals surface area (Å²) in [6.45, 7) is 2.64. The van der Waals surface area contributed by atoms with Crippen LogP contribution in [0.3, 0.4) is 0 Å². The van der Waals surface area contributed by atoms with Gasteiger partial charge < -0.3 is 5.11 Å². The van der Waals surface area contributed by atoms with E-state index in [1.54, 1.807) is 0 Å². The number of aryl methyl sites for hydroxylation is 1. The molecule has 1 heteroatoms. The third-order valence-electron chi connectivity index (χ3n) is 2.87. The van der Waals surface area contributed by atoms with Gasteiger partial charge in [-0.05, 0) is 30.7 Å². The van der Waals surface area contributed by atoms with E-state index in [1.165, 1.54) is 24.8 Å². The molecule has 0 aliphatic heterocycles. The molecule has 0 radical (unpaired) electrons. The number of rotatable bonds is 7. The van der Waals surface area contributed by atoms with Crippen molar-refractivity contribution in [2.75, 3.05) is 6.61 Å². The van der Waals surface area contributed by atoms with Crippen molar-refractivity contribution in [1.82, 2.24) is 0 Å². The van der Waals surface area contributed by atoms with E-state index in [9.17, 15) is 0 Å². The highest BCUT2D eigenvalue weighted by Gasteiger charge is 2.02. The third kappa shape index (κ3) is 5.58. The fourth-order valence-corrected chi connectivity index (χ4v) is 1.81. The molecule has 84 valence electrons. The van der Waals surface area contributed by atoms with E-state index < -0.39 is 0 Å². The molecule has 0 bridgehead atoms. The lowest BCUT2D eigenvalue weighted by Crippen LogP contribution is -1.98. The van der Waals surface area contributed by atoms with Crippen LogP contribution in [0.25, 0.3) is 0 Å². The Morgan fingerprint density at radius 2 is 1.80 bits per heavy atom. The molecule has 0 spiro atoms. The first-order chi connectivity index (χ1) is 7.33. The molecule has 0 fully saturated rings. The van der Waals surface area contributed by atoms with Gasteiger partial charge in [-0.1, -0.05) is 50.1 Å². The van der Waals surface area contributed by atoms with Gasteiger partial charge in [0.1, 0.15) is 0 Å². The van der Waals surface area contributed by atoms with Crippen molar-refractivity contribution < 1.29 is 5.11 Å². The van der Waals surface area contributed by atoms with E-state index in [0.29, 0.717) is 6.61 Å². The van der Waals surface area contributed by atoms with Crippen molar-refractivity contribution >= 4 is 0 Å². The van der Waals surface area contributed by atoms with Gasteiger partial charge in [0.05, 0.1) is 0 Å². The second-order valence-corrected chi connectivity index (χ2v) is 4.35. The highest BCUT2D eigenvalue weighted by atomic mass is 16.2. The van der Waals surface area contributed by atoms with Gasteiger partial charge in [-0.3, -0.25) is 0 Å². The normalized spacial score (nSPS) is 12.7. The zero-order chi connectivity index (χ0) is 10.9. The second-order valence-electron chi connectivity index (χ2n) is 4.35. The van der Waals surface area contributed by atoms with Gasteiger partial charge in [0, 0.05) is 6.61 Å². The summed E-state index contributed by atoms with van der Waals surface area (Å²) < 4.78 is 0. The Kier molecular flexibility index (Phi) is 6.10. The minimum absolute atomic E-state index is 0.339. The number of aliphatic hydroxyl groups excluding tert-OH is 1. The summed E-state index contributed by atoms with van der Waals surface area (Å²) in [6.07, 6.45) is 5.80. The Balaban J connectivity index is 2.14. The molecular weight excluding hydrogens is 184 g/mol. The van der Waals surface area contributed by atoms with E-state index >= 15 is 0 Å². The minimum Gasteiger partial charge on any atom is -0.396 e. The van der Waals surface area contributed by atoms with Gasteiger partial charge in [0.15, 0.2) is 0 Å². The molecule has 0 aliphatic carbocycles. The van der Waals surface area contributed by atoms with E-state index in [1.807, 2.05) is 0 Å². The van der Waals surface area contributed by atoms with Crippen LogP contribution in [0, 0.1) is 5.92 Å². The third-order valence-corrected chi connectivity index (χ3v) is 2.87. The average molecular weight is 206 g/mol. The Labute approximate surface area is 93.1 Å². The summed E-state index contributed by atoms with van der Waals surface area (Å²) in [7, 11) is 0. The molecule has 0 amide bonds. The van der Waals surface area contributed by atoms with Crippen LogP contribution < -0.4 is 0 Å². The summed E-state index contributed by atoms with van der Waals surface area (Å²) in [6, 6.07) is 10.7. The van der Waals surface area contributed by atoms with Crippen molar-refractivity contribution in [1.29, 1.82) is 0 Å². The SMILES string of the molecule is CC(CCCCO)CCc1ccccc1. The first-order valence-electron chi connectivity index (χ1n) is 5.97. The Morgan fingerprint density at radius 1 is 1.07 bits per heavy atom. The topological polar surface area (TPSA) is 20.2 Å². The van der Waals surface area contributed by atoms with Gasteiger partial charge in [-0.15, -0.1) is 0 Å². The largest absolute Gasteiger partial charge is 0.396 e. The quantitative estimate of drug-likeness (QED) is 0.678. The fourth-order valence-electron chi connectivity index (χ4n) is 1.81.